The van der Waals surface area contributed by atoms with Crippen LogP contribution in [0.3, 0.4) is 0 Å². The molecule has 1 aromatic rings. The largest absolute Gasteiger partial charge is 0.378 e. The van der Waals surface area contributed by atoms with Crippen molar-refractivity contribution in [3.05, 3.63) is 35.9 Å². The molecule has 1 atom stereocenters. The smallest absolute Gasteiger partial charge is 0.253 e. The number of nitrogens with zero attached hydrogens (tertiary/aromatic N) is 3. The lowest BCUT2D eigenvalue weighted by Crippen LogP contribution is -2.81. The third-order valence-corrected chi connectivity index (χ3v) is 5.79. The number of morpholine rings is 1. The van der Waals surface area contributed by atoms with Gasteiger partial charge in [0.25, 0.3) is 5.91 Å². The molecule has 0 saturated carbocycles. The van der Waals surface area contributed by atoms with Gasteiger partial charge in [-0.25, -0.2) is 0 Å². The first-order valence-corrected chi connectivity index (χ1v) is 9.02. The van der Waals surface area contributed by atoms with E-state index in [0.29, 0.717) is 12.1 Å². The van der Waals surface area contributed by atoms with Crippen molar-refractivity contribution >= 4 is 5.91 Å². The van der Waals surface area contributed by atoms with E-state index in [1.54, 1.807) is 0 Å². The van der Waals surface area contributed by atoms with E-state index in [9.17, 15) is 4.79 Å². The number of ether oxygens (including phenoxy) is 1. The number of amides is 1. The van der Waals surface area contributed by atoms with Gasteiger partial charge in [0.15, 0.2) is 0 Å². The topological polar surface area (TPSA) is 36.0 Å². The van der Waals surface area contributed by atoms with Crippen LogP contribution >= 0.6 is 0 Å². The molecule has 0 radical (unpaired) electrons. The Bertz CT molecular complexity index is 598. The van der Waals surface area contributed by atoms with Gasteiger partial charge in [-0.05, 0) is 26.0 Å². The number of likely N-dealkylation sites (tertiary alicyclic amines) is 1. The van der Waals surface area contributed by atoms with E-state index in [1.165, 1.54) is 0 Å². The molecule has 3 aliphatic heterocycles. The fourth-order valence-corrected chi connectivity index (χ4v) is 4.48. The van der Waals surface area contributed by atoms with E-state index in [2.05, 4.69) is 23.6 Å². The van der Waals surface area contributed by atoms with Gasteiger partial charge in [-0.1, -0.05) is 18.2 Å². The first-order chi connectivity index (χ1) is 11.6. The normalized spacial score (nSPS) is 27.1. The highest BCUT2D eigenvalue weighted by Gasteiger charge is 2.55. The number of piperazine rings is 1. The molecule has 3 saturated heterocycles. The van der Waals surface area contributed by atoms with Crippen LogP contribution in [0.25, 0.3) is 0 Å². The quantitative estimate of drug-likeness (QED) is 0.820. The SMILES string of the molecule is CC(C)N1C[C@@H]2COCCN2C2(CN(C(=O)c3ccccc3)C2)C1. The molecule has 0 unspecified atom stereocenters. The zero-order valence-electron chi connectivity index (χ0n) is 14.6. The first-order valence-electron chi connectivity index (χ1n) is 9.02. The highest BCUT2D eigenvalue weighted by molar-refractivity contribution is 5.95. The minimum Gasteiger partial charge on any atom is -0.378 e. The molecule has 0 N–H and O–H groups in total. The molecule has 4 rings (SSSR count). The van der Waals surface area contributed by atoms with E-state index in [0.717, 1.165) is 51.5 Å². The highest BCUT2D eigenvalue weighted by Crippen LogP contribution is 2.36. The second-order valence-corrected chi connectivity index (χ2v) is 7.70. The number of carbonyl (C=O) groups excluding carboxylic acids is 1. The molecule has 3 fully saturated rings. The summed E-state index contributed by atoms with van der Waals surface area (Å²) in [5.41, 5.74) is 0.906. The predicted molar refractivity (Wildman–Crippen MR) is 93.1 cm³/mol. The van der Waals surface area contributed by atoms with Crippen LogP contribution in [0.2, 0.25) is 0 Å². The Morgan fingerprint density at radius 2 is 1.96 bits per heavy atom. The predicted octanol–water partition coefficient (Wildman–Crippen LogP) is 1.31. The van der Waals surface area contributed by atoms with Crippen molar-refractivity contribution in [2.75, 3.05) is 45.9 Å². The van der Waals surface area contributed by atoms with E-state index < -0.39 is 0 Å². The average Bonchev–Trinajstić information content (AvgIpc) is 2.58. The lowest BCUT2D eigenvalue weighted by atomic mass is 9.81. The Hall–Kier alpha value is -1.43. The number of benzene rings is 1. The molecule has 1 amide bonds. The van der Waals surface area contributed by atoms with Gasteiger partial charge in [0.2, 0.25) is 0 Å². The van der Waals surface area contributed by atoms with E-state index in [4.69, 9.17) is 4.74 Å². The molecule has 0 aromatic heterocycles. The molecule has 3 heterocycles. The van der Waals surface area contributed by atoms with Gasteiger partial charge in [0.1, 0.15) is 0 Å². The summed E-state index contributed by atoms with van der Waals surface area (Å²) < 4.78 is 5.72. The minimum absolute atomic E-state index is 0.113. The molecule has 5 nitrogen and oxygen atoms in total. The first kappa shape index (κ1) is 16.1. The van der Waals surface area contributed by atoms with Crippen molar-refractivity contribution in [1.29, 1.82) is 0 Å². The van der Waals surface area contributed by atoms with Crippen molar-refractivity contribution < 1.29 is 9.53 Å². The molecular weight excluding hydrogens is 302 g/mol. The Morgan fingerprint density at radius 1 is 1.21 bits per heavy atom. The Labute approximate surface area is 144 Å². The maximum Gasteiger partial charge on any atom is 0.253 e. The second kappa shape index (κ2) is 6.14. The number of fused-ring (bicyclic) bond motifs is 2. The number of carbonyl (C=O) groups is 1. The summed E-state index contributed by atoms with van der Waals surface area (Å²) in [5.74, 6) is 0.160. The zero-order chi connectivity index (χ0) is 16.7. The third kappa shape index (κ3) is 2.65. The van der Waals surface area contributed by atoms with Gasteiger partial charge >= 0.3 is 0 Å². The summed E-state index contributed by atoms with van der Waals surface area (Å²) in [4.78, 5) is 19.9. The molecule has 0 aliphatic carbocycles. The van der Waals surface area contributed by atoms with Crippen LogP contribution in [0, 0.1) is 0 Å². The van der Waals surface area contributed by atoms with Crippen LogP contribution in [0.4, 0.5) is 0 Å². The molecule has 5 heteroatoms. The third-order valence-electron chi connectivity index (χ3n) is 5.79. The van der Waals surface area contributed by atoms with Crippen LogP contribution in [0.5, 0.6) is 0 Å². The molecule has 130 valence electrons. The minimum atomic E-state index is 0.113. The Kier molecular flexibility index (Phi) is 4.11. The molecule has 1 aromatic carbocycles. The summed E-state index contributed by atoms with van der Waals surface area (Å²) in [7, 11) is 0. The molecule has 3 aliphatic rings. The number of hydrogen-bond donors (Lipinski definition) is 0. The van der Waals surface area contributed by atoms with E-state index in [1.807, 2.05) is 35.2 Å². The zero-order valence-corrected chi connectivity index (χ0v) is 14.6. The molecule has 24 heavy (non-hydrogen) atoms. The van der Waals surface area contributed by atoms with Gasteiger partial charge < -0.3 is 9.64 Å². The van der Waals surface area contributed by atoms with Crippen LogP contribution in [0.1, 0.15) is 24.2 Å². The molecular formula is C19H27N3O2. The van der Waals surface area contributed by atoms with Crippen molar-refractivity contribution in [3.63, 3.8) is 0 Å². The summed E-state index contributed by atoms with van der Waals surface area (Å²) >= 11 is 0. The number of rotatable bonds is 2. The van der Waals surface area contributed by atoms with Crippen molar-refractivity contribution in [2.45, 2.75) is 31.5 Å². The standard InChI is InChI=1S/C19H27N3O2/c1-15(2)20-10-17-11-24-9-8-22(17)19(12-20)13-21(14-19)18(23)16-6-4-3-5-7-16/h3-7,15,17H,8-14H2,1-2H3/t17-/m1/s1. The highest BCUT2D eigenvalue weighted by atomic mass is 16.5. The molecule has 1 spiro atoms. The van der Waals surface area contributed by atoms with Gasteiger partial charge in [0, 0.05) is 50.4 Å². The van der Waals surface area contributed by atoms with Crippen molar-refractivity contribution in [1.82, 2.24) is 14.7 Å². The summed E-state index contributed by atoms with van der Waals surface area (Å²) in [6.07, 6.45) is 0. The lowest BCUT2D eigenvalue weighted by Gasteiger charge is -2.63. The Balaban J connectivity index is 1.51. The van der Waals surface area contributed by atoms with E-state index in [-0.39, 0.29) is 11.4 Å². The van der Waals surface area contributed by atoms with Crippen LogP contribution in [-0.4, -0.2) is 84.2 Å². The molecule has 0 bridgehead atoms. The maximum atomic E-state index is 12.7. The fraction of sp³-hybridized carbons (Fsp3) is 0.632. The lowest BCUT2D eigenvalue weighted by molar-refractivity contribution is -0.160. The second-order valence-electron chi connectivity index (χ2n) is 7.70. The fourth-order valence-electron chi connectivity index (χ4n) is 4.48. The van der Waals surface area contributed by atoms with Crippen molar-refractivity contribution in [2.24, 2.45) is 0 Å². The van der Waals surface area contributed by atoms with Gasteiger partial charge in [-0.15, -0.1) is 0 Å². The summed E-state index contributed by atoms with van der Waals surface area (Å²) in [6.45, 7) is 10.9. The summed E-state index contributed by atoms with van der Waals surface area (Å²) in [6, 6.07) is 10.6. The van der Waals surface area contributed by atoms with Gasteiger partial charge in [-0.2, -0.15) is 0 Å². The van der Waals surface area contributed by atoms with Crippen LogP contribution in [0.15, 0.2) is 30.3 Å². The van der Waals surface area contributed by atoms with Crippen LogP contribution in [-0.2, 0) is 4.74 Å². The Morgan fingerprint density at radius 3 is 2.67 bits per heavy atom. The van der Waals surface area contributed by atoms with Gasteiger partial charge in [0.05, 0.1) is 18.8 Å². The van der Waals surface area contributed by atoms with Crippen molar-refractivity contribution in [3.8, 4) is 0 Å². The monoisotopic (exact) mass is 329 g/mol. The maximum absolute atomic E-state index is 12.7. The average molecular weight is 329 g/mol. The van der Waals surface area contributed by atoms with Crippen LogP contribution < -0.4 is 0 Å². The van der Waals surface area contributed by atoms with Gasteiger partial charge in [-0.3, -0.25) is 14.6 Å². The van der Waals surface area contributed by atoms with E-state index >= 15 is 0 Å². The number of hydrogen-bond acceptors (Lipinski definition) is 4. The summed E-state index contributed by atoms with van der Waals surface area (Å²) in [5, 5.41) is 0.